The minimum absolute atomic E-state index is 0.105. The van der Waals surface area contributed by atoms with Crippen LogP contribution in [0, 0.1) is 19.7 Å². The Kier molecular flexibility index (Phi) is 3.96. The Morgan fingerprint density at radius 3 is 2.91 bits per heavy atom. The lowest BCUT2D eigenvalue weighted by molar-refractivity contribution is 0.0704. The number of nitrogens with one attached hydrogen (secondary N) is 1. The van der Waals surface area contributed by atoms with Crippen molar-refractivity contribution in [1.29, 1.82) is 0 Å². The molecule has 2 aromatic rings. The fourth-order valence-corrected chi connectivity index (χ4v) is 2.93. The van der Waals surface area contributed by atoms with Gasteiger partial charge in [0.2, 0.25) is 0 Å². The number of likely N-dealkylation sites (tertiary alicyclic amines) is 1. The summed E-state index contributed by atoms with van der Waals surface area (Å²) < 4.78 is 13.7. The number of aryl methyl sites for hydroxylation is 2. The van der Waals surface area contributed by atoms with E-state index in [9.17, 15) is 9.18 Å². The molecule has 0 bridgehead atoms. The van der Waals surface area contributed by atoms with Crippen LogP contribution in [0.1, 0.15) is 46.2 Å². The van der Waals surface area contributed by atoms with Gasteiger partial charge < -0.3 is 9.88 Å². The predicted octanol–water partition coefficient (Wildman–Crippen LogP) is 3.19. The number of hydrogen-bond acceptors (Lipinski definition) is 2. The summed E-state index contributed by atoms with van der Waals surface area (Å²) in [5.41, 5.74) is 2.00. The van der Waals surface area contributed by atoms with Crippen LogP contribution in [0.5, 0.6) is 0 Å². The average Bonchev–Trinajstić information content (AvgIpc) is 2.96. The minimum Gasteiger partial charge on any atom is -0.346 e. The Morgan fingerprint density at radius 1 is 1.41 bits per heavy atom. The summed E-state index contributed by atoms with van der Waals surface area (Å²) in [5.74, 6) is 0.722. The first-order valence-electron chi connectivity index (χ1n) is 7.61. The smallest absolute Gasteiger partial charge is 0.253 e. The Balaban J connectivity index is 1.76. The monoisotopic (exact) mass is 301 g/mol. The van der Waals surface area contributed by atoms with Gasteiger partial charge in [-0.15, -0.1) is 0 Å². The van der Waals surface area contributed by atoms with Crippen LogP contribution in [-0.4, -0.2) is 33.9 Å². The summed E-state index contributed by atoms with van der Waals surface area (Å²) in [6.07, 6.45) is 3.76. The Hall–Kier alpha value is -2.17. The molecule has 1 saturated heterocycles. The van der Waals surface area contributed by atoms with Crippen LogP contribution < -0.4 is 0 Å². The first-order valence-corrected chi connectivity index (χ1v) is 7.61. The number of nitrogens with zero attached hydrogens (tertiary/aromatic N) is 2. The van der Waals surface area contributed by atoms with Crippen molar-refractivity contribution < 1.29 is 9.18 Å². The van der Waals surface area contributed by atoms with Gasteiger partial charge >= 0.3 is 0 Å². The van der Waals surface area contributed by atoms with Gasteiger partial charge in [0.15, 0.2) is 0 Å². The molecule has 1 atom stereocenters. The number of halogens is 1. The van der Waals surface area contributed by atoms with E-state index in [4.69, 9.17) is 0 Å². The van der Waals surface area contributed by atoms with Crippen LogP contribution in [0.4, 0.5) is 4.39 Å². The maximum atomic E-state index is 13.7. The van der Waals surface area contributed by atoms with E-state index in [1.807, 2.05) is 13.1 Å². The van der Waals surface area contributed by atoms with Crippen molar-refractivity contribution in [2.45, 2.75) is 32.6 Å². The van der Waals surface area contributed by atoms with Crippen LogP contribution in [0.25, 0.3) is 0 Å². The molecule has 2 heterocycles. The molecule has 1 fully saturated rings. The number of aromatic amines is 1. The number of aromatic nitrogens is 2. The van der Waals surface area contributed by atoms with Gasteiger partial charge in [0.1, 0.15) is 11.6 Å². The number of rotatable bonds is 2. The maximum absolute atomic E-state index is 13.7. The summed E-state index contributed by atoms with van der Waals surface area (Å²) in [7, 11) is 0. The summed E-state index contributed by atoms with van der Waals surface area (Å²) in [5, 5.41) is 0. The number of H-pyrrole nitrogens is 1. The first kappa shape index (κ1) is 14.8. The van der Waals surface area contributed by atoms with Crippen molar-refractivity contribution in [1.82, 2.24) is 14.9 Å². The molecule has 0 spiro atoms. The van der Waals surface area contributed by atoms with E-state index in [1.165, 1.54) is 6.07 Å². The van der Waals surface area contributed by atoms with Gasteiger partial charge in [-0.25, -0.2) is 9.37 Å². The molecule has 4 nitrogen and oxygen atoms in total. The van der Waals surface area contributed by atoms with E-state index in [-0.39, 0.29) is 17.6 Å². The van der Waals surface area contributed by atoms with E-state index in [0.29, 0.717) is 24.2 Å². The molecule has 1 amide bonds. The molecule has 1 aliphatic heterocycles. The van der Waals surface area contributed by atoms with Crippen LogP contribution in [-0.2, 0) is 0 Å². The molecule has 116 valence electrons. The van der Waals surface area contributed by atoms with Gasteiger partial charge in [-0.05, 0) is 44.4 Å². The molecule has 1 aromatic carbocycles. The third-order valence-corrected chi connectivity index (χ3v) is 4.24. The molecule has 1 N–H and O–H groups in total. The van der Waals surface area contributed by atoms with Crippen molar-refractivity contribution in [3.8, 4) is 0 Å². The van der Waals surface area contributed by atoms with Crippen molar-refractivity contribution in [3.63, 3.8) is 0 Å². The number of hydrogen-bond donors (Lipinski definition) is 1. The number of benzene rings is 1. The minimum atomic E-state index is -0.332. The lowest BCUT2D eigenvalue weighted by Crippen LogP contribution is -2.39. The quantitative estimate of drug-likeness (QED) is 0.926. The molecule has 1 aliphatic rings. The molecular formula is C17H20FN3O. The first-order chi connectivity index (χ1) is 10.5. The van der Waals surface area contributed by atoms with E-state index in [0.717, 1.165) is 24.4 Å². The second-order valence-corrected chi connectivity index (χ2v) is 6.01. The highest BCUT2D eigenvalue weighted by molar-refractivity contribution is 5.94. The third-order valence-electron chi connectivity index (χ3n) is 4.24. The van der Waals surface area contributed by atoms with Gasteiger partial charge in [0.25, 0.3) is 5.91 Å². The zero-order valence-corrected chi connectivity index (χ0v) is 12.9. The summed E-state index contributed by atoms with van der Waals surface area (Å²) in [6, 6.07) is 4.68. The lowest BCUT2D eigenvalue weighted by Gasteiger charge is -2.32. The Labute approximate surface area is 129 Å². The van der Waals surface area contributed by atoms with E-state index in [1.54, 1.807) is 24.0 Å². The molecule has 0 saturated carbocycles. The number of amides is 1. The molecule has 3 rings (SSSR count). The van der Waals surface area contributed by atoms with Gasteiger partial charge in [0, 0.05) is 36.5 Å². The van der Waals surface area contributed by atoms with E-state index < -0.39 is 0 Å². The topological polar surface area (TPSA) is 49.0 Å². The summed E-state index contributed by atoms with van der Waals surface area (Å²) >= 11 is 0. The second-order valence-electron chi connectivity index (χ2n) is 6.01. The highest BCUT2D eigenvalue weighted by Crippen LogP contribution is 2.26. The van der Waals surface area contributed by atoms with Crippen LogP contribution in [0.15, 0.2) is 24.4 Å². The molecule has 1 aromatic heterocycles. The van der Waals surface area contributed by atoms with E-state index >= 15 is 0 Å². The number of piperidine rings is 1. The molecule has 22 heavy (non-hydrogen) atoms. The van der Waals surface area contributed by atoms with E-state index in [2.05, 4.69) is 9.97 Å². The van der Waals surface area contributed by atoms with Gasteiger partial charge in [-0.2, -0.15) is 0 Å². The largest absolute Gasteiger partial charge is 0.346 e. The van der Waals surface area contributed by atoms with Crippen molar-refractivity contribution in [2.24, 2.45) is 0 Å². The SMILES string of the molecule is Cc1cnc(C2CCCN(C(=O)c3ccc(C)c(F)c3)C2)[nH]1. The molecule has 1 unspecified atom stereocenters. The Morgan fingerprint density at radius 2 is 2.23 bits per heavy atom. The zero-order valence-electron chi connectivity index (χ0n) is 12.9. The van der Waals surface area contributed by atoms with Crippen LogP contribution in [0.3, 0.4) is 0 Å². The second kappa shape index (κ2) is 5.91. The zero-order chi connectivity index (χ0) is 15.7. The lowest BCUT2D eigenvalue weighted by atomic mass is 9.96. The van der Waals surface area contributed by atoms with Gasteiger partial charge in [-0.3, -0.25) is 4.79 Å². The van der Waals surface area contributed by atoms with Gasteiger partial charge in [0.05, 0.1) is 0 Å². The molecule has 0 aliphatic carbocycles. The summed E-state index contributed by atoms with van der Waals surface area (Å²) in [6.45, 7) is 5.00. The number of carbonyl (C=O) groups excluding carboxylic acids is 1. The van der Waals surface area contributed by atoms with Crippen molar-refractivity contribution in [2.75, 3.05) is 13.1 Å². The van der Waals surface area contributed by atoms with Gasteiger partial charge in [-0.1, -0.05) is 6.07 Å². The number of imidazole rings is 1. The van der Waals surface area contributed by atoms with Crippen LogP contribution in [0.2, 0.25) is 0 Å². The Bertz CT molecular complexity index is 695. The van der Waals surface area contributed by atoms with Crippen molar-refractivity contribution in [3.05, 3.63) is 52.9 Å². The molecule has 0 radical (unpaired) electrons. The predicted molar refractivity (Wildman–Crippen MR) is 82.3 cm³/mol. The average molecular weight is 301 g/mol. The highest BCUT2D eigenvalue weighted by atomic mass is 19.1. The van der Waals surface area contributed by atoms with Crippen LogP contribution >= 0.6 is 0 Å². The molecule has 5 heteroatoms. The fourth-order valence-electron chi connectivity index (χ4n) is 2.93. The molecular weight excluding hydrogens is 281 g/mol. The third kappa shape index (κ3) is 2.89. The fraction of sp³-hybridized carbons (Fsp3) is 0.412. The maximum Gasteiger partial charge on any atom is 0.253 e. The normalized spacial score (nSPS) is 18.5. The standard InChI is InChI=1S/C17H20FN3O/c1-11-5-6-13(8-15(11)18)17(22)21-7-3-4-14(10-21)16-19-9-12(2)20-16/h5-6,8-9,14H,3-4,7,10H2,1-2H3,(H,19,20). The summed E-state index contributed by atoms with van der Waals surface area (Å²) in [4.78, 5) is 22.0. The van der Waals surface area contributed by atoms with Crippen molar-refractivity contribution >= 4 is 5.91 Å². The number of carbonyl (C=O) groups is 1. The highest BCUT2D eigenvalue weighted by Gasteiger charge is 2.27.